The summed E-state index contributed by atoms with van der Waals surface area (Å²) in [6, 6.07) is 7.57. The van der Waals surface area contributed by atoms with Crippen molar-refractivity contribution in [1.82, 2.24) is 4.98 Å². The Morgan fingerprint density at radius 1 is 1.15 bits per heavy atom. The molecule has 2 heterocycles. The Hall–Kier alpha value is -1.69. The number of ketones is 1. The largest absolute Gasteiger partial charge is 0.497 e. The molecule has 27 heavy (non-hydrogen) atoms. The summed E-state index contributed by atoms with van der Waals surface area (Å²) in [5, 5.41) is 1.54. The number of methoxy groups -OCH3 is 1. The zero-order valence-corrected chi connectivity index (χ0v) is 18.0. The summed E-state index contributed by atoms with van der Waals surface area (Å²) in [4.78, 5) is 19.1. The summed E-state index contributed by atoms with van der Waals surface area (Å²) in [5.74, 6) is 0.413. The van der Waals surface area contributed by atoms with Gasteiger partial charge in [-0.15, -0.1) is 11.3 Å². The SMILES string of the molecule is CCc1sc(-c2ccc(Cl)cc2)nc1C1=C(OC)C(C)(C)OC(C)(C)C1=O. The molecule has 6 heteroatoms. The maximum Gasteiger partial charge on any atom is 0.199 e. The highest BCUT2D eigenvalue weighted by atomic mass is 35.5. The summed E-state index contributed by atoms with van der Waals surface area (Å²) in [6.07, 6.45) is 0.774. The molecule has 0 amide bonds. The number of aromatic nitrogens is 1. The molecule has 144 valence electrons. The zero-order valence-electron chi connectivity index (χ0n) is 16.5. The average molecular weight is 406 g/mol. The molecule has 4 nitrogen and oxygen atoms in total. The topological polar surface area (TPSA) is 48.4 Å². The standard InChI is InChI=1S/C21H24ClNO3S/c1-7-14-16(23-19(27-14)12-8-10-13(22)11-9-12)15-17(24)20(2,3)26-21(4,5)18(15)25-6/h8-11H,7H2,1-6H3. The zero-order chi connectivity index (χ0) is 20.0. The number of aryl methyl sites for hydroxylation is 1. The quantitative estimate of drug-likeness (QED) is 0.670. The van der Waals surface area contributed by atoms with Crippen LogP contribution in [0.4, 0.5) is 0 Å². The predicted molar refractivity (Wildman–Crippen MR) is 110 cm³/mol. The third-order valence-corrected chi connectivity index (χ3v) is 6.11. The van der Waals surface area contributed by atoms with E-state index in [1.165, 1.54) is 0 Å². The molecule has 0 aliphatic carbocycles. The van der Waals surface area contributed by atoms with Crippen LogP contribution in [0.2, 0.25) is 5.02 Å². The molecular weight excluding hydrogens is 382 g/mol. The predicted octanol–water partition coefficient (Wildman–Crippen LogP) is 5.54. The van der Waals surface area contributed by atoms with E-state index in [9.17, 15) is 4.79 Å². The second kappa shape index (κ2) is 7.04. The summed E-state index contributed by atoms with van der Waals surface area (Å²) >= 11 is 7.59. The van der Waals surface area contributed by atoms with Gasteiger partial charge >= 0.3 is 0 Å². The van der Waals surface area contributed by atoms with E-state index in [0.29, 0.717) is 22.0 Å². The summed E-state index contributed by atoms with van der Waals surface area (Å²) in [7, 11) is 1.57. The van der Waals surface area contributed by atoms with Crippen LogP contribution in [0.15, 0.2) is 30.0 Å². The molecule has 0 saturated heterocycles. The van der Waals surface area contributed by atoms with Gasteiger partial charge < -0.3 is 9.47 Å². The third-order valence-electron chi connectivity index (χ3n) is 4.61. The van der Waals surface area contributed by atoms with Gasteiger partial charge in [-0.3, -0.25) is 4.79 Å². The van der Waals surface area contributed by atoms with Crippen molar-refractivity contribution in [3.05, 3.63) is 45.6 Å². The lowest BCUT2D eigenvalue weighted by Crippen LogP contribution is -2.50. The Bertz CT molecular complexity index is 910. The van der Waals surface area contributed by atoms with Crippen LogP contribution in [0.3, 0.4) is 0 Å². The van der Waals surface area contributed by atoms with Crippen LogP contribution >= 0.6 is 22.9 Å². The van der Waals surface area contributed by atoms with E-state index in [0.717, 1.165) is 21.9 Å². The van der Waals surface area contributed by atoms with Gasteiger partial charge in [0.15, 0.2) is 5.78 Å². The first kappa shape index (κ1) is 20.1. The number of hydrogen-bond donors (Lipinski definition) is 0. The van der Waals surface area contributed by atoms with Crippen LogP contribution < -0.4 is 0 Å². The number of halogens is 1. The Kier molecular flexibility index (Phi) is 5.23. The third kappa shape index (κ3) is 3.56. The Labute approximate surface area is 169 Å². The molecule has 1 aromatic carbocycles. The number of ether oxygens (including phenoxy) is 2. The molecule has 0 atom stereocenters. The highest BCUT2D eigenvalue weighted by Crippen LogP contribution is 2.43. The van der Waals surface area contributed by atoms with E-state index in [2.05, 4.69) is 6.92 Å². The van der Waals surface area contributed by atoms with Gasteiger partial charge in [-0.1, -0.05) is 30.7 Å². The van der Waals surface area contributed by atoms with Crippen molar-refractivity contribution in [3.63, 3.8) is 0 Å². The number of thiazole rings is 1. The summed E-state index contributed by atoms with van der Waals surface area (Å²) in [6.45, 7) is 9.48. The Morgan fingerprint density at radius 3 is 2.33 bits per heavy atom. The Balaban J connectivity index is 2.23. The molecule has 0 fully saturated rings. The fraction of sp³-hybridized carbons (Fsp3) is 0.429. The number of benzene rings is 1. The molecule has 0 N–H and O–H groups in total. The number of rotatable bonds is 4. The molecule has 2 aromatic rings. The monoisotopic (exact) mass is 405 g/mol. The van der Waals surface area contributed by atoms with Crippen LogP contribution in [-0.2, 0) is 20.7 Å². The molecule has 0 radical (unpaired) electrons. The van der Waals surface area contributed by atoms with Gasteiger partial charge in [0.25, 0.3) is 0 Å². The molecule has 1 aliphatic heterocycles. The summed E-state index contributed by atoms with van der Waals surface area (Å²) in [5.41, 5.74) is 0.515. The molecular formula is C21H24ClNO3S. The highest BCUT2D eigenvalue weighted by molar-refractivity contribution is 7.15. The first-order chi connectivity index (χ1) is 12.6. The second-order valence-corrected chi connectivity index (χ2v) is 9.03. The van der Waals surface area contributed by atoms with Crippen molar-refractivity contribution < 1.29 is 14.3 Å². The lowest BCUT2D eigenvalue weighted by molar-refractivity contribution is -0.159. The van der Waals surface area contributed by atoms with Gasteiger partial charge in [-0.2, -0.15) is 0 Å². The lowest BCUT2D eigenvalue weighted by Gasteiger charge is -2.41. The molecule has 0 bridgehead atoms. The van der Waals surface area contributed by atoms with Crippen molar-refractivity contribution in [2.45, 2.75) is 52.2 Å². The minimum absolute atomic E-state index is 0.110. The van der Waals surface area contributed by atoms with Crippen molar-refractivity contribution in [1.29, 1.82) is 0 Å². The normalized spacial score (nSPS) is 18.7. The molecule has 0 spiro atoms. The van der Waals surface area contributed by atoms with Gasteiger partial charge in [0.05, 0.1) is 18.4 Å². The van der Waals surface area contributed by atoms with Gasteiger partial charge in [0, 0.05) is 15.5 Å². The number of hydrogen-bond acceptors (Lipinski definition) is 5. The van der Waals surface area contributed by atoms with Crippen LogP contribution in [0, 0.1) is 0 Å². The number of carbonyl (C=O) groups excluding carboxylic acids is 1. The van der Waals surface area contributed by atoms with Crippen LogP contribution in [0.1, 0.15) is 45.2 Å². The van der Waals surface area contributed by atoms with Gasteiger partial charge in [-0.25, -0.2) is 4.98 Å². The maximum absolute atomic E-state index is 13.2. The molecule has 0 saturated carbocycles. The van der Waals surface area contributed by atoms with Crippen molar-refractivity contribution in [3.8, 4) is 10.6 Å². The van der Waals surface area contributed by atoms with Crippen molar-refractivity contribution in [2.24, 2.45) is 0 Å². The van der Waals surface area contributed by atoms with E-state index >= 15 is 0 Å². The number of nitrogens with zero attached hydrogens (tertiary/aromatic N) is 1. The second-order valence-electron chi connectivity index (χ2n) is 7.51. The van der Waals surface area contributed by atoms with E-state index in [4.69, 9.17) is 26.1 Å². The van der Waals surface area contributed by atoms with Gasteiger partial charge in [-0.05, 0) is 46.2 Å². The van der Waals surface area contributed by atoms with Gasteiger partial charge in [0.1, 0.15) is 22.0 Å². The maximum atomic E-state index is 13.2. The first-order valence-corrected chi connectivity index (χ1v) is 10.1. The molecule has 0 unspecified atom stereocenters. The van der Waals surface area contributed by atoms with E-state index < -0.39 is 11.2 Å². The van der Waals surface area contributed by atoms with E-state index in [1.807, 2.05) is 38.1 Å². The first-order valence-electron chi connectivity index (χ1n) is 8.90. The van der Waals surface area contributed by atoms with Crippen LogP contribution in [-0.4, -0.2) is 29.1 Å². The van der Waals surface area contributed by atoms with E-state index in [-0.39, 0.29) is 5.78 Å². The van der Waals surface area contributed by atoms with E-state index in [1.54, 1.807) is 32.3 Å². The number of Topliss-reactive ketones (excluding diaryl/α,β-unsaturated/α-hetero) is 1. The van der Waals surface area contributed by atoms with Gasteiger partial charge in [0.2, 0.25) is 0 Å². The van der Waals surface area contributed by atoms with Crippen molar-refractivity contribution >= 4 is 34.3 Å². The molecule has 1 aromatic heterocycles. The molecule has 1 aliphatic rings. The van der Waals surface area contributed by atoms with Crippen molar-refractivity contribution in [2.75, 3.05) is 7.11 Å². The fourth-order valence-electron chi connectivity index (χ4n) is 3.50. The average Bonchev–Trinajstić information content (AvgIpc) is 3.01. The fourth-order valence-corrected chi connectivity index (χ4v) is 4.64. The minimum Gasteiger partial charge on any atom is -0.497 e. The number of carbonyl (C=O) groups is 1. The molecule has 3 rings (SSSR count). The highest BCUT2D eigenvalue weighted by Gasteiger charge is 2.48. The lowest BCUT2D eigenvalue weighted by atomic mass is 9.84. The summed E-state index contributed by atoms with van der Waals surface area (Å²) < 4.78 is 11.7. The van der Waals surface area contributed by atoms with Crippen LogP contribution in [0.5, 0.6) is 0 Å². The smallest absolute Gasteiger partial charge is 0.199 e. The van der Waals surface area contributed by atoms with Crippen LogP contribution in [0.25, 0.3) is 16.1 Å². The minimum atomic E-state index is -0.948. The Morgan fingerprint density at radius 2 is 1.78 bits per heavy atom.